The third-order valence-electron chi connectivity index (χ3n) is 4.66. The Balaban J connectivity index is 1.97. The third-order valence-corrected chi connectivity index (χ3v) is 5.39. The van der Waals surface area contributed by atoms with Crippen LogP contribution >= 0.6 is 27.5 Å². The van der Waals surface area contributed by atoms with Gasteiger partial charge in [0.25, 0.3) is 0 Å². The lowest BCUT2D eigenvalue weighted by Crippen LogP contribution is -2.26. The molecule has 0 saturated carbocycles. The summed E-state index contributed by atoms with van der Waals surface area (Å²) in [5, 5.41) is 12.1. The van der Waals surface area contributed by atoms with Gasteiger partial charge in [-0.15, -0.1) is 0 Å². The number of nitrogens with zero attached hydrogens (tertiary/aromatic N) is 2. The molecule has 0 radical (unpaired) electrons. The van der Waals surface area contributed by atoms with E-state index in [0.717, 1.165) is 26.4 Å². The number of hydrogen-bond acceptors (Lipinski definition) is 4. The molecular weight excluding hydrogens is 468 g/mol. The number of aliphatic hydroxyl groups is 1. The van der Waals surface area contributed by atoms with E-state index < -0.39 is 11.7 Å². The van der Waals surface area contributed by atoms with Gasteiger partial charge in [0, 0.05) is 32.0 Å². The fourth-order valence-electron chi connectivity index (χ4n) is 3.41. The second kappa shape index (κ2) is 7.69. The zero-order valence-corrected chi connectivity index (χ0v) is 19.1. The maximum Gasteiger partial charge on any atom is 0.419 e. The van der Waals surface area contributed by atoms with Gasteiger partial charge in [-0.05, 0) is 62.7 Å². The third kappa shape index (κ3) is 3.95. The van der Waals surface area contributed by atoms with Crippen molar-refractivity contribution in [1.82, 2.24) is 9.55 Å². The summed E-state index contributed by atoms with van der Waals surface area (Å²) in [6.07, 6.45) is 1.26. The summed E-state index contributed by atoms with van der Waals surface area (Å²) in [4.78, 5) is 17.6. The molecule has 2 aromatic carbocycles. The van der Waals surface area contributed by atoms with E-state index in [-0.39, 0.29) is 6.61 Å². The van der Waals surface area contributed by atoms with Crippen LogP contribution in [-0.4, -0.2) is 26.4 Å². The molecule has 4 aromatic rings. The van der Waals surface area contributed by atoms with Crippen LogP contribution in [0.1, 0.15) is 26.3 Å². The van der Waals surface area contributed by atoms with Crippen LogP contribution in [0.5, 0.6) is 0 Å². The van der Waals surface area contributed by atoms with E-state index in [0.29, 0.717) is 21.7 Å². The summed E-state index contributed by atoms with van der Waals surface area (Å²) in [7, 11) is 0. The molecule has 0 saturated heterocycles. The lowest BCUT2D eigenvalue weighted by Gasteiger charge is -2.19. The average Bonchev–Trinajstić information content (AvgIpc) is 3.04. The maximum atomic E-state index is 12.8. The number of carbonyl (C=O) groups excluding carboxylic acids is 1. The van der Waals surface area contributed by atoms with E-state index in [4.69, 9.17) is 21.3 Å². The molecule has 4 rings (SSSR count). The minimum atomic E-state index is -0.620. The molecular formula is C23H20BrClN2O3. The molecule has 0 fully saturated rings. The normalized spacial score (nSPS) is 11.9. The quantitative estimate of drug-likeness (QED) is 0.348. The molecule has 0 aliphatic heterocycles. The van der Waals surface area contributed by atoms with Crippen molar-refractivity contribution < 1.29 is 14.6 Å². The first-order valence-electron chi connectivity index (χ1n) is 9.40. The summed E-state index contributed by atoms with van der Waals surface area (Å²) >= 11 is 9.67. The number of carbonyl (C=O) groups is 1. The summed E-state index contributed by atoms with van der Waals surface area (Å²) in [5.74, 6) is 0. The number of aliphatic hydroxyl groups excluding tert-OH is 1. The Kier molecular flexibility index (Phi) is 5.34. The van der Waals surface area contributed by atoms with Crippen LogP contribution in [-0.2, 0) is 11.3 Å². The highest BCUT2D eigenvalue weighted by Gasteiger charge is 2.22. The Hall–Kier alpha value is -2.41. The first-order valence-corrected chi connectivity index (χ1v) is 10.6. The van der Waals surface area contributed by atoms with Gasteiger partial charge < -0.3 is 9.84 Å². The molecule has 0 aliphatic rings. The van der Waals surface area contributed by atoms with Gasteiger partial charge in [0.05, 0.1) is 23.3 Å². The highest BCUT2D eigenvalue weighted by atomic mass is 79.9. The van der Waals surface area contributed by atoms with Crippen LogP contribution in [0.4, 0.5) is 4.79 Å². The molecule has 0 aliphatic carbocycles. The van der Waals surface area contributed by atoms with Gasteiger partial charge >= 0.3 is 6.09 Å². The van der Waals surface area contributed by atoms with Gasteiger partial charge in [-0.3, -0.25) is 4.57 Å². The van der Waals surface area contributed by atoms with E-state index in [1.807, 2.05) is 51.1 Å². The first kappa shape index (κ1) is 20.8. The smallest absolute Gasteiger partial charge is 0.419 e. The molecule has 0 spiro atoms. The molecule has 0 atom stereocenters. The number of pyridine rings is 1. The number of aromatic nitrogens is 2. The van der Waals surface area contributed by atoms with Crippen molar-refractivity contribution in [2.24, 2.45) is 0 Å². The van der Waals surface area contributed by atoms with Crippen LogP contribution in [0.25, 0.3) is 33.1 Å². The van der Waals surface area contributed by atoms with Crippen LogP contribution in [0.15, 0.2) is 53.1 Å². The highest BCUT2D eigenvalue weighted by molar-refractivity contribution is 9.10. The number of hydrogen-bond donors (Lipinski definition) is 1. The van der Waals surface area contributed by atoms with Crippen molar-refractivity contribution in [1.29, 1.82) is 0 Å². The zero-order chi connectivity index (χ0) is 21.6. The van der Waals surface area contributed by atoms with Gasteiger partial charge in [0.15, 0.2) is 0 Å². The first-order chi connectivity index (χ1) is 14.2. The second-order valence-corrected chi connectivity index (χ2v) is 9.39. The van der Waals surface area contributed by atoms with Crippen molar-refractivity contribution in [3.63, 3.8) is 0 Å². The van der Waals surface area contributed by atoms with Gasteiger partial charge in [-0.2, -0.15) is 0 Å². The minimum Gasteiger partial charge on any atom is -0.443 e. The fraction of sp³-hybridized carbons (Fsp3) is 0.217. The van der Waals surface area contributed by atoms with Crippen molar-refractivity contribution >= 4 is 55.4 Å². The van der Waals surface area contributed by atoms with Crippen LogP contribution < -0.4 is 0 Å². The van der Waals surface area contributed by atoms with Crippen LogP contribution in [0.2, 0.25) is 5.02 Å². The predicted molar refractivity (Wildman–Crippen MR) is 123 cm³/mol. The topological polar surface area (TPSA) is 64.3 Å². The van der Waals surface area contributed by atoms with Crippen LogP contribution in [0.3, 0.4) is 0 Å². The Bertz CT molecular complexity index is 1290. The van der Waals surface area contributed by atoms with Crippen molar-refractivity contribution in [2.75, 3.05) is 0 Å². The monoisotopic (exact) mass is 486 g/mol. The van der Waals surface area contributed by atoms with Crippen LogP contribution in [0, 0.1) is 0 Å². The fourth-order valence-corrected chi connectivity index (χ4v) is 3.94. The van der Waals surface area contributed by atoms with E-state index in [1.54, 1.807) is 18.3 Å². The van der Waals surface area contributed by atoms with E-state index in [2.05, 4.69) is 15.9 Å². The van der Waals surface area contributed by atoms with Crippen molar-refractivity contribution in [3.8, 4) is 11.3 Å². The number of ether oxygens (including phenoxy) is 1. The minimum absolute atomic E-state index is 0.137. The van der Waals surface area contributed by atoms with Gasteiger partial charge in [0.2, 0.25) is 0 Å². The summed E-state index contributed by atoms with van der Waals surface area (Å²) in [6.45, 7) is 5.35. The SMILES string of the molecule is CC(C)(C)OC(=O)n1cc(-c2cc(CO)c3ccc(Cl)cc3n2)c2cc(Br)ccc21. The molecule has 154 valence electrons. The molecule has 0 bridgehead atoms. The summed E-state index contributed by atoms with van der Waals surface area (Å²) < 4.78 is 7.95. The number of benzene rings is 2. The van der Waals surface area contributed by atoms with E-state index in [1.165, 1.54) is 4.57 Å². The molecule has 0 unspecified atom stereocenters. The van der Waals surface area contributed by atoms with E-state index >= 15 is 0 Å². The molecule has 2 aromatic heterocycles. The second-order valence-electron chi connectivity index (χ2n) is 8.04. The highest BCUT2D eigenvalue weighted by Crippen LogP contribution is 2.34. The lowest BCUT2D eigenvalue weighted by atomic mass is 10.0. The molecule has 0 amide bonds. The Morgan fingerprint density at radius 3 is 2.63 bits per heavy atom. The summed E-state index contributed by atoms with van der Waals surface area (Å²) in [5.41, 5.74) is 2.90. The number of rotatable bonds is 2. The lowest BCUT2D eigenvalue weighted by molar-refractivity contribution is 0.0544. The summed E-state index contributed by atoms with van der Waals surface area (Å²) in [6, 6.07) is 12.9. The van der Waals surface area contributed by atoms with Crippen molar-refractivity contribution in [3.05, 3.63) is 63.7 Å². The average molecular weight is 488 g/mol. The standard InChI is InChI=1S/C23H20BrClN2O3/c1-23(2,3)30-22(29)27-11-18(17-9-14(24)4-7-21(17)27)19-8-13(12-28)16-6-5-15(25)10-20(16)26-19/h4-11,28H,12H2,1-3H3. The number of halogens is 2. The van der Waals surface area contributed by atoms with Gasteiger partial charge in [-0.1, -0.05) is 33.6 Å². The van der Waals surface area contributed by atoms with Crippen molar-refractivity contribution in [2.45, 2.75) is 33.0 Å². The molecule has 30 heavy (non-hydrogen) atoms. The Morgan fingerprint density at radius 1 is 1.17 bits per heavy atom. The maximum absolute atomic E-state index is 12.8. The largest absolute Gasteiger partial charge is 0.443 e. The molecule has 1 N–H and O–H groups in total. The molecule has 5 nitrogen and oxygen atoms in total. The predicted octanol–water partition coefficient (Wildman–Crippen LogP) is 6.55. The Labute approximate surface area is 187 Å². The Morgan fingerprint density at radius 2 is 1.93 bits per heavy atom. The molecule has 7 heteroatoms. The van der Waals surface area contributed by atoms with Gasteiger partial charge in [-0.25, -0.2) is 9.78 Å². The number of fused-ring (bicyclic) bond motifs is 2. The zero-order valence-electron chi connectivity index (χ0n) is 16.7. The molecule has 2 heterocycles. The van der Waals surface area contributed by atoms with E-state index in [9.17, 15) is 9.90 Å². The van der Waals surface area contributed by atoms with Gasteiger partial charge in [0.1, 0.15) is 5.60 Å².